The Kier molecular flexibility index (Phi) is 2.87. The highest BCUT2D eigenvalue weighted by Crippen LogP contribution is 2.34. The smallest absolute Gasteiger partial charge is 0.192 e. The average molecular weight is 271 g/mol. The quantitative estimate of drug-likeness (QED) is 0.842. The SMILES string of the molecule is CC(C)(C)S(=O)(=O)c1ccc(-c2ccon2)s1. The monoisotopic (exact) mass is 271 g/mol. The molecule has 6 heteroatoms. The molecular formula is C11H13NO3S2. The van der Waals surface area contributed by atoms with E-state index in [2.05, 4.69) is 5.16 Å². The predicted octanol–water partition coefficient (Wildman–Crippen LogP) is 2.98. The number of sulfone groups is 1. The highest BCUT2D eigenvalue weighted by molar-refractivity contribution is 7.94. The minimum absolute atomic E-state index is 0.364. The third-order valence-corrected chi connectivity index (χ3v) is 6.43. The molecule has 0 unspecified atom stereocenters. The molecule has 2 rings (SSSR count). The van der Waals surface area contributed by atoms with Crippen molar-refractivity contribution in [2.24, 2.45) is 0 Å². The molecule has 2 aromatic heterocycles. The summed E-state index contributed by atoms with van der Waals surface area (Å²) in [5.74, 6) is 0. The summed E-state index contributed by atoms with van der Waals surface area (Å²) in [6.07, 6.45) is 1.47. The number of nitrogens with zero attached hydrogens (tertiary/aromatic N) is 1. The number of thiophene rings is 1. The van der Waals surface area contributed by atoms with Crippen LogP contribution >= 0.6 is 11.3 Å². The second-order valence-electron chi connectivity index (χ2n) is 4.62. The van der Waals surface area contributed by atoms with Crippen LogP contribution in [0.25, 0.3) is 10.6 Å². The molecule has 0 amide bonds. The van der Waals surface area contributed by atoms with Gasteiger partial charge in [0.05, 0.1) is 9.62 Å². The molecule has 0 radical (unpaired) electrons. The summed E-state index contributed by atoms with van der Waals surface area (Å²) in [5, 5.41) is 3.78. The van der Waals surface area contributed by atoms with Gasteiger partial charge in [0, 0.05) is 6.07 Å². The fourth-order valence-corrected chi connectivity index (χ4v) is 4.25. The highest BCUT2D eigenvalue weighted by Gasteiger charge is 2.32. The molecule has 0 aromatic carbocycles. The second kappa shape index (κ2) is 3.96. The fourth-order valence-electron chi connectivity index (χ4n) is 1.24. The van der Waals surface area contributed by atoms with Crippen molar-refractivity contribution in [3.05, 3.63) is 24.5 Å². The number of hydrogen-bond donors (Lipinski definition) is 0. The Morgan fingerprint density at radius 3 is 2.47 bits per heavy atom. The van der Waals surface area contributed by atoms with Gasteiger partial charge in [-0.3, -0.25) is 0 Å². The van der Waals surface area contributed by atoms with Crippen molar-refractivity contribution in [1.82, 2.24) is 5.16 Å². The van der Waals surface area contributed by atoms with Gasteiger partial charge < -0.3 is 4.52 Å². The molecule has 92 valence electrons. The molecule has 2 heterocycles. The molecule has 0 atom stereocenters. The van der Waals surface area contributed by atoms with Gasteiger partial charge in [-0.1, -0.05) is 5.16 Å². The van der Waals surface area contributed by atoms with Crippen LogP contribution in [0.2, 0.25) is 0 Å². The van der Waals surface area contributed by atoms with Gasteiger partial charge in [-0.15, -0.1) is 11.3 Å². The molecule has 0 saturated carbocycles. The average Bonchev–Trinajstić information content (AvgIpc) is 2.87. The molecule has 0 bridgehead atoms. The van der Waals surface area contributed by atoms with Gasteiger partial charge >= 0.3 is 0 Å². The van der Waals surface area contributed by atoms with E-state index in [4.69, 9.17) is 4.52 Å². The van der Waals surface area contributed by atoms with E-state index in [1.165, 1.54) is 17.6 Å². The Hall–Kier alpha value is -1.14. The zero-order valence-electron chi connectivity index (χ0n) is 9.80. The van der Waals surface area contributed by atoms with Crippen molar-refractivity contribution in [1.29, 1.82) is 0 Å². The molecule has 0 aliphatic heterocycles. The molecule has 17 heavy (non-hydrogen) atoms. The molecule has 4 nitrogen and oxygen atoms in total. The van der Waals surface area contributed by atoms with Gasteiger partial charge in [0.1, 0.15) is 16.2 Å². The van der Waals surface area contributed by atoms with Crippen LogP contribution in [-0.4, -0.2) is 18.3 Å². The molecule has 2 aromatic rings. The summed E-state index contributed by atoms with van der Waals surface area (Å²) in [7, 11) is -3.29. The highest BCUT2D eigenvalue weighted by atomic mass is 32.2. The Morgan fingerprint density at radius 2 is 1.94 bits per heavy atom. The van der Waals surface area contributed by atoms with Gasteiger partial charge in [-0.05, 0) is 32.9 Å². The first kappa shape index (κ1) is 12.3. The maximum atomic E-state index is 12.2. The Labute approximate surface area is 104 Å². The summed E-state index contributed by atoms with van der Waals surface area (Å²) in [5.41, 5.74) is 0.658. The first-order valence-corrected chi connectivity index (χ1v) is 7.37. The maximum Gasteiger partial charge on any atom is 0.192 e. The Bertz CT molecular complexity index is 603. The maximum absolute atomic E-state index is 12.2. The summed E-state index contributed by atoms with van der Waals surface area (Å²) >= 11 is 1.21. The van der Waals surface area contributed by atoms with Gasteiger partial charge in [0.15, 0.2) is 9.84 Å². The summed E-state index contributed by atoms with van der Waals surface area (Å²) in [6, 6.07) is 5.08. The van der Waals surface area contributed by atoms with E-state index in [-0.39, 0.29) is 0 Å². The van der Waals surface area contributed by atoms with Crippen molar-refractivity contribution < 1.29 is 12.9 Å². The van der Waals surface area contributed by atoms with Crippen molar-refractivity contribution in [3.63, 3.8) is 0 Å². The molecule has 0 spiro atoms. The van der Waals surface area contributed by atoms with E-state index in [0.29, 0.717) is 9.90 Å². The lowest BCUT2D eigenvalue weighted by Crippen LogP contribution is -2.27. The lowest BCUT2D eigenvalue weighted by molar-refractivity contribution is 0.422. The third-order valence-electron chi connectivity index (χ3n) is 2.34. The van der Waals surface area contributed by atoms with E-state index in [1.54, 1.807) is 39.0 Å². The van der Waals surface area contributed by atoms with Gasteiger partial charge in [0.25, 0.3) is 0 Å². The molecule has 0 aliphatic carbocycles. The van der Waals surface area contributed by atoms with Crippen molar-refractivity contribution in [2.45, 2.75) is 29.7 Å². The lowest BCUT2D eigenvalue weighted by Gasteiger charge is -2.17. The molecule has 0 N–H and O–H groups in total. The number of rotatable bonds is 2. The largest absolute Gasteiger partial charge is 0.364 e. The van der Waals surface area contributed by atoms with Crippen LogP contribution in [0, 0.1) is 0 Å². The van der Waals surface area contributed by atoms with Crippen molar-refractivity contribution in [2.75, 3.05) is 0 Å². The zero-order chi connectivity index (χ0) is 12.7. The molecule has 0 saturated heterocycles. The molecular weight excluding hydrogens is 258 g/mol. The first-order chi connectivity index (χ1) is 7.82. The van der Waals surface area contributed by atoms with E-state index in [1.807, 2.05) is 0 Å². The number of hydrogen-bond acceptors (Lipinski definition) is 5. The predicted molar refractivity (Wildman–Crippen MR) is 66.8 cm³/mol. The number of aromatic nitrogens is 1. The fraction of sp³-hybridized carbons (Fsp3) is 0.364. The minimum atomic E-state index is -3.29. The van der Waals surface area contributed by atoms with Crippen LogP contribution in [0.15, 0.2) is 33.2 Å². The van der Waals surface area contributed by atoms with E-state index in [0.717, 1.165) is 4.88 Å². The standard InChI is InChI=1S/C11H13NO3S2/c1-11(2,3)17(13,14)10-5-4-9(16-10)8-6-7-15-12-8/h4-7H,1-3H3. The summed E-state index contributed by atoms with van der Waals surface area (Å²) in [4.78, 5) is 0.793. The normalized spacial score (nSPS) is 12.9. The Morgan fingerprint density at radius 1 is 1.24 bits per heavy atom. The van der Waals surface area contributed by atoms with Crippen molar-refractivity contribution >= 4 is 21.2 Å². The third kappa shape index (κ3) is 2.14. The van der Waals surface area contributed by atoms with Crippen LogP contribution in [0.5, 0.6) is 0 Å². The second-order valence-corrected chi connectivity index (χ2v) is 8.63. The van der Waals surface area contributed by atoms with Crippen molar-refractivity contribution in [3.8, 4) is 10.6 Å². The van der Waals surface area contributed by atoms with Crippen LogP contribution < -0.4 is 0 Å². The summed E-state index contributed by atoms with van der Waals surface area (Å²) < 4.78 is 28.7. The Balaban J connectivity index is 2.45. The van der Waals surface area contributed by atoms with Gasteiger partial charge in [-0.25, -0.2) is 8.42 Å². The van der Waals surface area contributed by atoms with Crippen LogP contribution in [-0.2, 0) is 9.84 Å². The summed E-state index contributed by atoms with van der Waals surface area (Å²) in [6.45, 7) is 5.08. The van der Waals surface area contributed by atoms with Crippen LogP contribution in [0.4, 0.5) is 0 Å². The topological polar surface area (TPSA) is 60.2 Å². The molecule has 0 aliphatic rings. The zero-order valence-corrected chi connectivity index (χ0v) is 11.4. The van der Waals surface area contributed by atoms with E-state index < -0.39 is 14.6 Å². The van der Waals surface area contributed by atoms with Gasteiger partial charge in [-0.2, -0.15) is 0 Å². The first-order valence-electron chi connectivity index (χ1n) is 5.07. The van der Waals surface area contributed by atoms with Crippen LogP contribution in [0.3, 0.4) is 0 Å². The lowest BCUT2D eigenvalue weighted by atomic mass is 10.3. The van der Waals surface area contributed by atoms with E-state index >= 15 is 0 Å². The van der Waals surface area contributed by atoms with E-state index in [9.17, 15) is 8.42 Å². The minimum Gasteiger partial charge on any atom is -0.364 e. The molecule has 0 fully saturated rings. The van der Waals surface area contributed by atoms with Crippen LogP contribution in [0.1, 0.15) is 20.8 Å². The van der Waals surface area contributed by atoms with Gasteiger partial charge in [0.2, 0.25) is 0 Å².